The molecule has 2 aromatic heterocycles. The Kier molecular flexibility index (Phi) is 2.64. The normalized spacial score (nSPS) is 15.4. The van der Waals surface area contributed by atoms with Gasteiger partial charge in [0.2, 0.25) is 0 Å². The van der Waals surface area contributed by atoms with Crippen molar-refractivity contribution in [1.82, 2.24) is 19.7 Å². The Labute approximate surface area is 98.8 Å². The van der Waals surface area contributed by atoms with Crippen LogP contribution < -0.4 is 5.73 Å². The first kappa shape index (κ1) is 10.5. The third-order valence-corrected chi connectivity index (χ3v) is 2.88. The monoisotopic (exact) mass is 233 g/mol. The smallest absolute Gasteiger partial charge is 0.278 e. The summed E-state index contributed by atoms with van der Waals surface area (Å²) in [5, 5.41) is 3.97. The molecule has 1 fully saturated rings. The fourth-order valence-corrected chi connectivity index (χ4v) is 1.76. The molecule has 1 aliphatic rings. The molecule has 0 bridgehead atoms. The largest absolute Gasteiger partial charge is 0.335 e. The van der Waals surface area contributed by atoms with Crippen LogP contribution in [0.5, 0.6) is 0 Å². The third-order valence-electron chi connectivity index (χ3n) is 2.88. The van der Waals surface area contributed by atoms with Gasteiger partial charge in [-0.2, -0.15) is 4.98 Å². The van der Waals surface area contributed by atoms with Crippen LogP contribution in [0.15, 0.2) is 17.0 Å². The van der Waals surface area contributed by atoms with Crippen molar-refractivity contribution in [1.29, 1.82) is 0 Å². The van der Waals surface area contributed by atoms with Gasteiger partial charge in [0.1, 0.15) is 5.69 Å². The molecule has 0 aromatic carbocycles. The molecule has 0 unspecified atom stereocenters. The van der Waals surface area contributed by atoms with E-state index in [1.165, 1.54) is 12.8 Å². The number of nitrogens with zero attached hydrogens (tertiary/aromatic N) is 4. The summed E-state index contributed by atoms with van der Waals surface area (Å²) in [6.45, 7) is 1.34. The second-order valence-electron chi connectivity index (χ2n) is 4.45. The number of imidazole rings is 1. The van der Waals surface area contributed by atoms with E-state index in [2.05, 4.69) is 15.1 Å². The molecule has 0 saturated heterocycles. The lowest BCUT2D eigenvalue weighted by atomic mass is 10.3. The van der Waals surface area contributed by atoms with E-state index in [4.69, 9.17) is 10.3 Å². The van der Waals surface area contributed by atoms with E-state index >= 15 is 0 Å². The predicted octanol–water partition coefficient (Wildman–Crippen LogP) is 0.844. The van der Waals surface area contributed by atoms with Crippen LogP contribution in [0.25, 0.3) is 11.6 Å². The highest BCUT2D eigenvalue weighted by Crippen LogP contribution is 2.32. The molecule has 1 aliphatic carbocycles. The molecule has 3 rings (SSSR count). The van der Waals surface area contributed by atoms with Gasteiger partial charge in [0.25, 0.3) is 5.89 Å². The van der Waals surface area contributed by atoms with Crippen molar-refractivity contribution >= 4 is 0 Å². The van der Waals surface area contributed by atoms with Crippen LogP contribution in [0.3, 0.4) is 0 Å². The first-order valence-electron chi connectivity index (χ1n) is 5.90. The fourth-order valence-electron chi connectivity index (χ4n) is 1.76. The standard InChI is InChI=1S/C11H15N5O/c12-3-4-16-6-9(13-7-16)11-14-10(15-17-11)5-8-1-2-8/h6-8H,1-5,12H2. The molecule has 0 aliphatic heterocycles. The number of nitrogens with two attached hydrogens (primary N) is 1. The van der Waals surface area contributed by atoms with Crippen molar-refractivity contribution in [3.8, 4) is 11.6 Å². The summed E-state index contributed by atoms with van der Waals surface area (Å²) in [6.07, 6.45) is 7.10. The SMILES string of the molecule is NCCn1cnc(-c2nc(CC3CC3)no2)c1. The van der Waals surface area contributed by atoms with Crippen LogP contribution in [0.2, 0.25) is 0 Å². The van der Waals surface area contributed by atoms with E-state index in [0.717, 1.165) is 24.7 Å². The highest BCUT2D eigenvalue weighted by atomic mass is 16.5. The highest BCUT2D eigenvalue weighted by Gasteiger charge is 2.24. The molecule has 17 heavy (non-hydrogen) atoms. The van der Waals surface area contributed by atoms with E-state index in [1.807, 2.05) is 10.8 Å². The lowest BCUT2D eigenvalue weighted by molar-refractivity contribution is 0.420. The Morgan fingerprint density at radius 3 is 3.12 bits per heavy atom. The summed E-state index contributed by atoms with van der Waals surface area (Å²) in [4.78, 5) is 8.57. The third kappa shape index (κ3) is 2.36. The molecule has 6 nitrogen and oxygen atoms in total. The second-order valence-corrected chi connectivity index (χ2v) is 4.45. The second kappa shape index (κ2) is 4.29. The van der Waals surface area contributed by atoms with Gasteiger partial charge in [-0.25, -0.2) is 4.98 Å². The average Bonchev–Trinajstić information content (AvgIpc) is 2.82. The van der Waals surface area contributed by atoms with Crippen molar-refractivity contribution in [2.75, 3.05) is 6.54 Å². The van der Waals surface area contributed by atoms with Gasteiger partial charge in [-0.1, -0.05) is 5.16 Å². The van der Waals surface area contributed by atoms with Crippen LogP contribution in [0.4, 0.5) is 0 Å². The summed E-state index contributed by atoms with van der Waals surface area (Å²) >= 11 is 0. The van der Waals surface area contributed by atoms with Crippen molar-refractivity contribution in [3.05, 3.63) is 18.3 Å². The first-order valence-corrected chi connectivity index (χ1v) is 5.90. The highest BCUT2D eigenvalue weighted by molar-refractivity contribution is 5.44. The molecule has 2 N–H and O–H groups in total. The van der Waals surface area contributed by atoms with Crippen molar-refractivity contribution in [2.24, 2.45) is 11.7 Å². The average molecular weight is 233 g/mol. The Balaban J connectivity index is 1.74. The number of rotatable bonds is 5. The summed E-state index contributed by atoms with van der Waals surface area (Å²) < 4.78 is 7.12. The molecule has 0 spiro atoms. The fraction of sp³-hybridized carbons (Fsp3) is 0.545. The molecule has 1 saturated carbocycles. The molecule has 0 atom stereocenters. The van der Waals surface area contributed by atoms with Crippen LogP contribution in [0.1, 0.15) is 18.7 Å². The number of hydrogen-bond donors (Lipinski definition) is 1. The molecule has 0 amide bonds. The lowest BCUT2D eigenvalue weighted by Crippen LogP contribution is -2.07. The Bertz CT molecular complexity index is 499. The minimum Gasteiger partial charge on any atom is -0.335 e. The maximum atomic E-state index is 5.47. The molecule has 2 heterocycles. The maximum Gasteiger partial charge on any atom is 0.278 e. The maximum absolute atomic E-state index is 5.47. The summed E-state index contributed by atoms with van der Waals surface area (Å²) in [5.74, 6) is 2.04. The zero-order valence-corrected chi connectivity index (χ0v) is 9.54. The molecular weight excluding hydrogens is 218 g/mol. The van der Waals surface area contributed by atoms with E-state index in [9.17, 15) is 0 Å². The van der Waals surface area contributed by atoms with Gasteiger partial charge >= 0.3 is 0 Å². The lowest BCUT2D eigenvalue weighted by Gasteiger charge is -1.94. The first-order chi connectivity index (χ1) is 8.35. The molecule has 2 aromatic rings. The zero-order chi connectivity index (χ0) is 11.7. The van der Waals surface area contributed by atoms with Gasteiger partial charge in [0, 0.05) is 25.7 Å². The molecular formula is C11H15N5O. The van der Waals surface area contributed by atoms with Crippen molar-refractivity contribution in [3.63, 3.8) is 0 Å². The van der Waals surface area contributed by atoms with Gasteiger partial charge < -0.3 is 14.8 Å². The van der Waals surface area contributed by atoms with Crippen LogP contribution in [-0.2, 0) is 13.0 Å². The Morgan fingerprint density at radius 2 is 2.35 bits per heavy atom. The summed E-state index contributed by atoms with van der Waals surface area (Å²) in [5.41, 5.74) is 6.19. The van der Waals surface area contributed by atoms with E-state index in [-0.39, 0.29) is 0 Å². The van der Waals surface area contributed by atoms with Crippen LogP contribution in [0, 0.1) is 5.92 Å². The summed E-state index contributed by atoms with van der Waals surface area (Å²) in [6, 6.07) is 0. The topological polar surface area (TPSA) is 82.8 Å². The molecule has 90 valence electrons. The number of aromatic nitrogens is 4. The summed E-state index contributed by atoms with van der Waals surface area (Å²) in [7, 11) is 0. The Morgan fingerprint density at radius 1 is 1.47 bits per heavy atom. The minimum atomic E-state index is 0.497. The predicted molar refractivity (Wildman–Crippen MR) is 61.0 cm³/mol. The molecule has 6 heteroatoms. The van der Waals surface area contributed by atoms with Gasteiger partial charge in [-0.05, 0) is 18.8 Å². The van der Waals surface area contributed by atoms with Crippen molar-refractivity contribution in [2.45, 2.75) is 25.8 Å². The number of hydrogen-bond acceptors (Lipinski definition) is 5. The van der Waals surface area contributed by atoms with Gasteiger partial charge in [0.05, 0.1) is 6.33 Å². The quantitative estimate of drug-likeness (QED) is 0.827. The van der Waals surface area contributed by atoms with Crippen LogP contribution in [-0.4, -0.2) is 26.2 Å². The minimum absolute atomic E-state index is 0.497. The van der Waals surface area contributed by atoms with E-state index in [0.29, 0.717) is 18.1 Å². The van der Waals surface area contributed by atoms with Gasteiger partial charge in [-0.3, -0.25) is 0 Å². The van der Waals surface area contributed by atoms with Crippen LogP contribution >= 0.6 is 0 Å². The van der Waals surface area contributed by atoms with E-state index < -0.39 is 0 Å². The van der Waals surface area contributed by atoms with E-state index in [1.54, 1.807) is 6.33 Å². The van der Waals surface area contributed by atoms with Gasteiger partial charge in [-0.15, -0.1) is 0 Å². The zero-order valence-electron chi connectivity index (χ0n) is 9.54. The van der Waals surface area contributed by atoms with Gasteiger partial charge in [0.15, 0.2) is 5.82 Å². The molecule has 0 radical (unpaired) electrons. The van der Waals surface area contributed by atoms with Crippen molar-refractivity contribution < 1.29 is 4.52 Å². The Hall–Kier alpha value is -1.69.